The van der Waals surface area contributed by atoms with E-state index in [9.17, 15) is 4.39 Å². The Morgan fingerprint density at radius 1 is 1.35 bits per heavy atom. The zero-order chi connectivity index (χ0) is 14.1. The Kier molecular flexibility index (Phi) is 3.25. The first-order valence-electron chi connectivity index (χ1n) is 5.70. The fourth-order valence-corrected chi connectivity index (χ4v) is 2.15. The van der Waals surface area contributed by atoms with Crippen LogP contribution in [0.4, 0.5) is 21.7 Å². The highest BCUT2D eigenvalue weighted by atomic mass is 79.9. The molecule has 1 aromatic carbocycles. The van der Waals surface area contributed by atoms with Crippen molar-refractivity contribution in [3.05, 3.63) is 47.1 Å². The Morgan fingerprint density at radius 3 is 3.00 bits per heavy atom. The van der Waals surface area contributed by atoms with Crippen molar-refractivity contribution in [2.45, 2.75) is 0 Å². The van der Waals surface area contributed by atoms with Crippen molar-refractivity contribution >= 4 is 38.9 Å². The first-order chi connectivity index (χ1) is 9.67. The van der Waals surface area contributed by atoms with E-state index in [1.807, 2.05) is 0 Å². The molecule has 0 amide bonds. The highest BCUT2D eigenvalue weighted by Gasteiger charge is 2.09. The van der Waals surface area contributed by atoms with E-state index in [1.165, 1.54) is 12.1 Å². The lowest BCUT2D eigenvalue weighted by atomic mass is 10.3. The Hall–Kier alpha value is -2.19. The lowest BCUT2D eigenvalue weighted by Gasteiger charge is -2.10. The highest BCUT2D eigenvalue weighted by molar-refractivity contribution is 9.10. The van der Waals surface area contributed by atoms with Crippen LogP contribution in [0.2, 0.25) is 0 Å². The van der Waals surface area contributed by atoms with Gasteiger partial charge in [-0.3, -0.25) is 0 Å². The van der Waals surface area contributed by atoms with Gasteiger partial charge in [0.25, 0.3) is 0 Å². The van der Waals surface area contributed by atoms with Gasteiger partial charge in [0.1, 0.15) is 5.82 Å². The van der Waals surface area contributed by atoms with Crippen molar-refractivity contribution in [2.75, 3.05) is 10.7 Å². The molecule has 0 radical (unpaired) electrons. The van der Waals surface area contributed by atoms with Gasteiger partial charge in [-0.25, -0.2) is 20.2 Å². The fraction of sp³-hybridized carbons (Fsp3) is 0. The summed E-state index contributed by atoms with van der Waals surface area (Å²) in [6.07, 6.45) is 5.11. The third-order valence-corrected chi connectivity index (χ3v) is 3.39. The number of nitrogen functional groups attached to an aromatic ring is 1. The van der Waals surface area contributed by atoms with Crippen molar-refractivity contribution < 1.29 is 4.39 Å². The Labute approximate surface area is 121 Å². The molecule has 0 aliphatic rings. The Bertz CT molecular complexity index is 772. The quantitative estimate of drug-likeness (QED) is 0.506. The number of nitrogens with two attached hydrogens (primary N) is 1. The minimum absolute atomic E-state index is 0.344. The minimum atomic E-state index is -0.344. The first-order valence-corrected chi connectivity index (χ1v) is 6.49. The van der Waals surface area contributed by atoms with Gasteiger partial charge in [0.05, 0.1) is 11.9 Å². The number of anilines is 3. The number of nitrogens with one attached hydrogen (secondary N) is 2. The van der Waals surface area contributed by atoms with Crippen molar-refractivity contribution in [3.8, 4) is 0 Å². The summed E-state index contributed by atoms with van der Waals surface area (Å²) in [6.45, 7) is 0. The summed E-state index contributed by atoms with van der Waals surface area (Å²) >= 11 is 3.35. The summed E-state index contributed by atoms with van der Waals surface area (Å²) in [5.74, 6) is 5.97. The van der Waals surface area contributed by atoms with Gasteiger partial charge < -0.3 is 15.1 Å². The molecule has 0 saturated carbocycles. The normalized spacial score (nSPS) is 10.8. The van der Waals surface area contributed by atoms with Crippen molar-refractivity contribution in [2.24, 2.45) is 5.84 Å². The fourth-order valence-electron chi connectivity index (χ4n) is 1.81. The summed E-state index contributed by atoms with van der Waals surface area (Å²) < 4.78 is 15.8. The van der Waals surface area contributed by atoms with Crippen LogP contribution >= 0.6 is 15.9 Å². The topological polar surface area (TPSA) is 80.3 Å². The number of imidazole rings is 1. The smallest absolute Gasteiger partial charge is 0.180 e. The first kappa shape index (κ1) is 12.8. The zero-order valence-electron chi connectivity index (χ0n) is 10.1. The van der Waals surface area contributed by atoms with Gasteiger partial charge >= 0.3 is 0 Å². The van der Waals surface area contributed by atoms with E-state index in [1.54, 1.807) is 29.1 Å². The number of rotatable bonds is 3. The van der Waals surface area contributed by atoms with Crippen LogP contribution in [0, 0.1) is 5.82 Å². The molecule has 3 aromatic rings. The summed E-state index contributed by atoms with van der Waals surface area (Å²) in [5, 5.41) is 3.04. The van der Waals surface area contributed by atoms with Crippen LogP contribution in [-0.2, 0) is 0 Å². The van der Waals surface area contributed by atoms with E-state index in [0.717, 1.165) is 4.47 Å². The van der Waals surface area contributed by atoms with Gasteiger partial charge in [0.15, 0.2) is 17.3 Å². The molecule has 6 nitrogen and oxygen atoms in total. The molecule has 2 aromatic heterocycles. The number of fused-ring (bicyclic) bond motifs is 1. The van der Waals surface area contributed by atoms with Crippen LogP contribution in [0.3, 0.4) is 0 Å². The SMILES string of the molecule is NNc1cn2ccnc2c(Nc2cc(F)ccc2Br)n1. The number of hydrogen-bond acceptors (Lipinski definition) is 5. The number of aromatic nitrogens is 3. The van der Waals surface area contributed by atoms with Gasteiger partial charge in [-0.2, -0.15) is 0 Å². The maximum atomic E-state index is 13.3. The molecule has 0 unspecified atom stereocenters. The monoisotopic (exact) mass is 336 g/mol. The van der Waals surface area contributed by atoms with E-state index in [4.69, 9.17) is 5.84 Å². The number of hydrogen-bond donors (Lipinski definition) is 3. The van der Waals surface area contributed by atoms with Crippen LogP contribution in [0.25, 0.3) is 5.65 Å². The van der Waals surface area contributed by atoms with Crippen LogP contribution < -0.4 is 16.6 Å². The minimum Gasteiger partial charge on any atom is -0.336 e. The van der Waals surface area contributed by atoms with Crippen LogP contribution in [0.1, 0.15) is 0 Å². The number of halogens is 2. The van der Waals surface area contributed by atoms with E-state index in [0.29, 0.717) is 23.0 Å². The Morgan fingerprint density at radius 2 is 2.20 bits per heavy atom. The maximum absolute atomic E-state index is 13.3. The predicted molar refractivity (Wildman–Crippen MR) is 78.2 cm³/mol. The lowest BCUT2D eigenvalue weighted by molar-refractivity contribution is 0.628. The van der Waals surface area contributed by atoms with Crippen LogP contribution in [-0.4, -0.2) is 14.4 Å². The van der Waals surface area contributed by atoms with Gasteiger partial charge in [-0.1, -0.05) is 0 Å². The van der Waals surface area contributed by atoms with E-state index in [-0.39, 0.29) is 5.82 Å². The van der Waals surface area contributed by atoms with Crippen molar-refractivity contribution in [3.63, 3.8) is 0 Å². The average Bonchev–Trinajstić information content (AvgIpc) is 2.91. The molecular formula is C12H10BrFN6. The van der Waals surface area contributed by atoms with Gasteiger partial charge in [0, 0.05) is 16.9 Å². The average molecular weight is 337 g/mol. The van der Waals surface area contributed by atoms with Gasteiger partial charge in [-0.05, 0) is 34.1 Å². The zero-order valence-corrected chi connectivity index (χ0v) is 11.7. The molecule has 0 fully saturated rings. The standard InChI is InChI=1S/C12H10BrFN6/c13-8-2-1-7(14)5-9(8)17-11-12-16-3-4-20(12)6-10(18-11)19-15/h1-6,19H,15H2,(H,17,18). The molecule has 3 rings (SSSR count). The van der Waals surface area contributed by atoms with Crippen LogP contribution in [0.15, 0.2) is 41.3 Å². The Balaban J connectivity index is 2.09. The lowest BCUT2D eigenvalue weighted by Crippen LogP contribution is -2.11. The highest BCUT2D eigenvalue weighted by Crippen LogP contribution is 2.27. The summed E-state index contributed by atoms with van der Waals surface area (Å²) in [7, 11) is 0. The molecule has 0 aliphatic heterocycles. The third kappa shape index (κ3) is 2.30. The van der Waals surface area contributed by atoms with Crippen molar-refractivity contribution in [1.29, 1.82) is 0 Å². The predicted octanol–water partition coefficient (Wildman–Crippen LogP) is 2.66. The molecular weight excluding hydrogens is 327 g/mol. The number of hydrazine groups is 1. The summed E-state index contributed by atoms with van der Waals surface area (Å²) in [6, 6.07) is 4.35. The van der Waals surface area contributed by atoms with E-state index < -0.39 is 0 Å². The molecule has 0 saturated heterocycles. The van der Waals surface area contributed by atoms with Crippen LogP contribution in [0.5, 0.6) is 0 Å². The van der Waals surface area contributed by atoms with Gasteiger partial charge in [-0.15, -0.1) is 0 Å². The molecule has 8 heteroatoms. The largest absolute Gasteiger partial charge is 0.336 e. The molecule has 0 bridgehead atoms. The third-order valence-electron chi connectivity index (χ3n) is 2.70. The molecule has 0 spiro atoms. The molecule has 102 valence electrons. The maximum Gasteiger partial charge on any atom is 0.180 e. The summed E-state index contributed by atoms with van der Waals surface area (Å²) in [4.78, 5) is 8.49. The molecule has 4 N–H and O–H groups in total. The molecule has 20 heavy (non-hydrogen) atoms. The molecule has 0 atom stereocenters. The number of benzene rings is 1. The second-order valence-electron chi connectivity index (χ2n) is 4.03. The van der Waals surface area contributed by atoms with Gasteiger partial charge in [0.2, 0.25) is 0 Å². The molecule has 0 aliphatic carbocycles. The summed E-state index contributed by atoms with van der Waals surface area (Å²) in [5.41, 5.74) is 3.64. The second-order valence-corrected chi connectivity index (χ2v) is 4.88. The van der Waals surface area contributed by atoms with Crippen molar-refractivity contribution in [1.82, 2.24) is 14.4 Å². The van der Waals surface area contributed by atoms with E-state index >= 15 is 0 Å². The second kappa shape index (κ2) is 5.06. The van der Waals surface area contributed by atoms with E-state index in [2.05, 4.69) is 36.6 Å². The number of nitrogens with zero attached hydrogens (tertiary/aromatic N) is 3. The molecule has 2 heterocycles.